The molecule has 1 fully saturated rings. The van der Waals surface area contributed by atoms with Crippen molar-refractivity contribution in [3.63, 3.8) is 0 Å². The number of thiocarbonyl (C=S) groups is 1. The van der Waals surface area contributed by atoms with Crippen LogP contribution in [-0.4, -0.2) is 21.7 Å². The lowest BCUT2D eigenvalue weighted by Crippen LogP contribution is -2.28. The fourth-order valence-electron chi connectivity index (χ4n) is 2.14. The Kier molecular flexibility index (Phi) is 6.45. The molecule has 0 radical (unpaired) electrons. The summed E-state index contributed by atoms with van der Waals surface area (Å²) in [5.74, 6) is 0.0430. The SMILES string of the molecule is CCCCCCN1C(=O)/C(=C\c2cccc(Br)c2)SC1=S. The zero-order chi connectivity index (χ0) is 15.2. The molecule has 1 amide bonds. The minimum atomic E-state index is 0.0430. The third-order valence-corrected chi connectivity index (χ3v) is 5.13. The topological polar surface area (TPSA) is 20.3 Å². The molecule has 1 heterocycles. The van der Waals surface area contributed by atoms with Gasteiger partial charge in [0.2, 0.25) is 0 Å². The molecule has 0 spiro atoms. The molecule has 0 unspecified atom stereocenters. The Morgan fingerprint density at radius 1 is 1.33 bits per heavy atom. The van der Waals surface area contributed by atoms with E-state index in [1.807, 2.05) is 30.3 Å². The van der Waals surface area contributed by atoms with Crippen LogP contribution in [0.1, 0.15) is 38.2 Å². The average Bonchev–Trinajstić information content (AvgIpc) is 2.70. The van der Waals surface area contributed by atoms with E-state index in [0.29, 0.717) is 9.23 Å². The maximum absolute atomic E-state index is 12.4. The normalized spacial score (nSPS) is 17.0. The number of halogens is 1. The average molecular weight is 384 g/mol. The first kappa shape index (κ1) is 16.7. The molecule has 0 aliphatic carbocycles. The van der Waals surface area contributed by atoms with Gasteiger partial charge in [0.15, 0.2) is 0 Å². The highest BCUT2D eigenvalue weighted by atomic mass is 79.9. The van der Waals surface area contributed by atoms with Gasteiger partial charge in [-0.25, -0.2) is 0 Å². The molecule has 1 aliphatic heterocycles. The largest absolute Gasteiger partial charge is 0.293 e. The van der Waals surface area contributed by atoms with Crippen molar-refractivity contribution in [1.82, 2.24) is 4.90 Å². The van der Waals surface area contributed by atoms with Gasteiger partial charge < -0.3 is 0 Å². The van der Waals surface area contributed by atoms with E-state index in [1.54, 1.807) is 4.90 Å². The van der Waals surface area contributed by atoms with Crippen molar-refractivity contribution in [2.75, 3.05) is 6.54 Å². The van der Waals surface area contributed by atoms with Gasteiger partial charge in [-0.05, 0) is 30.2 Å². The third kappa shape index (κ3) is 4.66. The molecule has 112 valence electrons. The Balaban J connectivity index is 2.03. The van der Waals surface area contributed by atoms with E-state index in [2.05, 4.69) is 22.9 Å². The minimum Gasteiger partial charge on any atom is -0.293 e. The fourth-order valence-corrected chi connectivity index (χ4v) is 3.86. The van der Waals surface area contributed by atoms with Crippen LogP contribution >= 0.6 is 39.9 Å². The van der Waals surface area contributed by atoms with Crippen LogP contribution in [0.4, 0.5) is 0 Å². The highest BCUT2D eigenvalue weighted by Crippen LogP contribution is 2.33. The summed E-state index contributed by atoms with van der Waals surface area (Å²) < 4.78 is 1.68. The fraction of sp³-hybridized carbons (Fsp3) is 0.375. The van der Waals surface area contributed by atoms with Crippen molar-refractivity contribution in [1.29, 1.82) is 0 Å². The maximum atomic E-state index is 12.4. The summed E-state index contributed by atoms with van der Waals surface area (Å²) in [6.07, 6.45) is 6.49. The number of amides is 1. The molecule has 1 saturated heterocycles. The lowest BCUT2D eigenvalue weighted by molar-refractivity contribution is -0.122. The number of carbonyl (C=O) groups excluding carboxylic acids is 1. The first-order chi connectivity index (χ1) is 10.1. The third-order valence-electron chi connectivity index (χ3n) is 3.26. The predicted molar refractivity (Wildman–Crippen MR) is 98.2 cm³/mol. The van der Waals surface area contributed by atoms with Crippen LogP contribution in [0.5, 0.6) is 0 Å². The number of thioether (sulfide) groups is 1. The molecular formula is C16H18BrNOS2. The van der Waals surface area contributed by atoms with E-state index >= 15 is 0 Å². The molecule has 0 saturated carbocycles. The molecule has 1 aromatic rings. The van der Waals surface area contributed by atoms with Crippen LogP contribution in [-0.2, 0) is 4.79 Å². The summed E-state index contributed by atoms with van der Waals surface area (Å²) in [7, 11) is 0. The number of unbranched alkanes of at least 4 members (excludes halogenated alkanes) is 3. The van der Waals surface area contributed by atoms with Crippen LogP contribution in [0.2, 0.25) is 0 Å². The Bertz CT molecular complexity index is 571. The number of rotatable bonds is 6. The van der Waals surface area contributed by atoms with E-state index < -0.39 is 0 Å². The lowest BCUT2D eigenvalue weighted by atomic mass is 10.2. The summed E-state index contributed by atoms with van der Waals surface area (Å²) in [4.78, 5) is 14.9. The second-order valence-corrected chi connectivity index (χ2v) is 7.54. The van der Waals surface area contributed by atoms with Gasteiger partial charge in [-0.15, -0.1) is 0 Å². The summed E-state index contributed by atoms with van der Waals surface area (Å²) in [5.41, 5.74) is 1.01. The molecule has 21 heavy (non-hydrogen) atoms. The quantitative estimate of drug-likeness (QED) is 0.381. The van der Waals surface area contributed by atoms with Gasteiger partial charge in [0.1, 0.15) is 4.32 Å². The molecule has 0 atom stereocenters. The molecular weight excluding hydrogens is 366 g/mol. The standard InChI is InChI=1S/C16H18BrNOS2/c1-2-3-4-5-9-18-15(19)14(21-16(18)20)11-12-7-6-8-13(17)10-12/h6-8,10-11H,2-5,9H2,1H3/b14-11+. The molecule has 1 aromatic carbocycles. The van der Waals surface area contributed by atoms with Gasteiger partial charge in [0.05, 0.1) is 4.91 Å². The summed E-state index contributed by atoms with van der Waals surface area (Å²) in [5, 5.41) is 0. The van der Waals surface area contributed by atoms with Crippen LogP contribution in [0, 0.1) is 0 Å². The van der Waals surface area contributed by atoms with E-state index in [-0.39, 0.29) is 5.91 Å². The van der Waals surface area contributed by atoms with Crippen molar-refractivity contribution in [2.24, 2.45) is 0 Å². The molecule has 2 nitrogen and oxygen atoms in total. The van der Waals surface area contributed by atoms with Crippen LogP contribution in [0.15, 0.2) is 33.6 Å². The van der Waals surface area contributed by atoms with E-state index in [9.17, 15) is 4.79 Å². The molecule has 5 heteroatoms. The summed E-state index contributed by atoms with van der Waals surface area (Å²) >= 11 is 10.2. The smallest absolute Gasteiger partial charge is 0.266 e. The van der Waals surface area contributed by atoms with Gasteiger partial charge in [0.25, 0.3) is 5.91 Å². The van der Waals surface area contributed by atoms with Crippen molar-refractivity contribution >= 4 is 56.2 Å². The predicted octanol–water partition coefficient (Wildman–Crippen LogP) is 5.23. The van der Waals surface area contributed by atoms with Crippen LogP contribution in [0.3, 0.4) is 0 Å². The van der Waals surface area contributed by atoms with Crippen molar-refractivity contribution in [2.45, 2.75) is 32.6 Å². The number of carbonyl (C=O) groups is 1. The van der Waals surface area contributed by atoms with Gasteiger partial charge in [0, 0.05) is 11.0 Å². The zero-order valence-corrected chi connectivity index (χ0v) is 15.2. The highest BCUT2D eigenvalue weighted by molar-refractivity contribution is 9.10. The van der Waals surface area contributed by atoms with Crippen LogP contribution in [0.25, 0.3) is 6.08 Å². The summed E-state index contributed by atoms with van der Waals surface area (Å²) in [6, 6.07) is 7.91. The zero-order valence-electron chi connectivity index (χ0n) is 12.0. The minimum absolute atomic E-state index is 0.0430. The summed E-state index contributed by atoms with van der Waals surface area (Å²) in [6.45, 7) is 2.92. The van der Waals surface area contributed by atoms with E-state index in [0.717, 1.165) is 29.4 Å². The molecule has 0 bridgehead atoms. The molecule has 2 rings (SSSR count). The highest BCUT2D eigenvalue weighted by Gasteiger charge is 2.31. The number of hydrogen-bond donors (Lipinski definition) is 0. The van der Waals surface area contributed by atoms with E-state index in [1.165, 1.54) is 24.6 Å². The van der Waals surface area contributed by atoms with Crippen molar-refractivity contribution < 1.29 is 4.79 Å². The number of hydrogen-bond acceptors (Lipinski definition) is 3. The Labute approximate surface area is 144 Å². The molecule has 0 aromatic heterocycles. The van der Waals surface area contributed by atoms with E-state index in [4.69, 9.17) is 12.2 Å². The second-order valence-electron chi connectivity index (χ2n) is 4.95. The van der Waals surface area contributed by atoms with Gasteiger partial charge in [-0.1, -0.05) is 78.2 Å². The monoisotopic (exact) mass is 383 g/mol. The maximum Gasteiger partial charge on any atom is 0.266 e. The lowest BCUT2D eigenvalue weighted by Gasteiger charge is -2.13. The first-order valence-electron chi connectivity index (χ1n) is 7.12. The molecule has 0 N–H and O–H groups in total. The Morgan fingerprint density at radius 2 is 2.14 bits per heavy atom. The second kappa shape index (κ2) is 8.11. The van der Waals surface area contributed by atoms with Gasteiger partial charge in [-0.3, -0.25) is 9.69 Å². The number of benzene rings is 1. The van der Waals surface area contributed by atoms with Gasteiger partial charge in [-0.2, -0.15) is 0 Å². The van der Waals surface area contributed by atoms with Crippen LogP contribution < -0.4 is 0 Å². The molecule has 1 aliphatic rings. The van der Waals surface area contributed by atoms with Crippen molar-refractivity contribution in [3.05, 3.63) is 39.2 Å². The first-order valence-corrected chi connectivity index (χ1v) is 9.14. The number of nitrogens with zero attached hydrogens (tertiary/aromatic N) is 1. The van der Waals surface area contributed by atoms with Crippen molar-refractivity contribution in [3.8, 4) is 0 Å². The van der Waals surface area contributed by atoms with Gasteiger partial charge >= 0.3 is 0 Å². The Morgan fingerprint density at radius 3 is 2.86 bits per heavy atom. The Hall–Kier alpha value is -0.650.